The highest BCUT2D eigenvalue weighted by molar-refractivity contribution is 5.18. The van der Waals surface area contributed by atoms with Crippen molar-refractivity contribution in [3.8, 4) is 6.07 Å². The van der Waals surface area contributed by atoms with Gasteiger partial charge in [0, 0.05) is 6.54 Å². The zero-order valence-electron chi connectivity index (χ0n) is 7.61. The minimum atomic E-state index is 0.687. The van der Waals surface area contributed by atoms with Crippen LogP contribution in [0.15, 0.2) is 12.3 Å². The van der Waals surface area contributed by atoms with Crippen LogP contribution in [0, 0.1) is 17.2 Å². The van der Waals surface area contributed by atoms with E-state index in [-0.39, 0.29) is 0 Å². The Labute approximate surface area is 78.0 Å². The molecule has 1 aliphatic carbocycles. The van der Waals surface area contributed by atoms with E-state index in [0.717, 1.165) is 12.5 Å². The molecule has 0 aliphatic heterocycles. The van der Waals surface area contributed by atoms with Gasteiger partial charge in [-0.3, -0.25) is 4.68 Å². The normalized spacial score (nSPS) is 17.5. The fraction of sp³-hybridized carbons (Fsp3) is 0.600. The van der Waals surface area contributed by atoms with Crippen LogP contribution in [0.1, 0.15) is 31.4 Å². The van der Waals surface area contributed by atoms with Crippen molar-refractivity contribution >= 4 is 0 Å². The molecule has 0 atom stereocenters. The molecule has 2 rings (SSSR count). The van der Waals surface area contributed by atoms with Crippen molar-refractivity contribution in [3.05, 3.63) is 18.0 Å². The molecule has 1 aromatic heterocycles. The predicted molar refractivity (Wildman–Crippen MR) is 48.9 cm³/mol. The molecule has 3 nitrogen and oxygen atoms in total. The van der Waals surface area contributed by atoms with Crippen molar-refractivity contribution in [1.82, 2.24) is 9.78 Å². The molecule has 0 radical (unpaired) electrons. The van der Waals surface area contributed by atoms with Gasteiger partial charge in [-0.15, -0.1) is 0 Å². The van der Waals surface area contributed by atoms with E-state index in [1.165, 1.54) is 25.7 Å². The third-order valence-electron chi connectivity index (χ3n) is 2.74. The summed E-state index contributed by atoms with van der Waals surface area (Å²) in [7, 11) is 0. The number of nitrogens with zero attached hydrogens (tertiary/aromatic N) is 3. The Hall–Kier alpha value is -1.30. The third kappa shape index (κ3) is 1.72. The van der Waals surface area contributed by atoms with Gasteiger partial charge in [0.1, 0.15) is 11.8 Å². The van der Waals surface area contributed by atoms with Crippen LogP contribution in [-0.2, 0) is 6.54 Å². The minimum absolute atomic E-state index is 0.687. The molecular weight excluding hydrogens is 162 g/mol. The Kier molecular flexibility index (Phi) is 2.31. The fourth-order valence-electron chi connectivity index (χ4n) is 2.01. The molecule has 1 heterocycles. The SMILES string of the molecule is N#Cc1ccnn1CC1CCCC1. The van der Waals surface area contributed by atoms with Gasteiger partial charge in [-0.25, -0.2) is 0 Å². The van der Waals surface area contributed by atoms with E-state index in [1.807, 2.05) is 4.68 Å². The molecule has 0 spiro atoms. The summed E-state index contributed by atoms with van der Waals surface area (Å²) in [5, 5.41) is 12.9. The summed E-state index contributed by atoms with van der Waals surface area (Å²) >= 11 is 0. The highest BCUT2D eigenvalue weighted by Crippen LogP contribution is 2.26. The van der Waals surface area contributed by atoms with Crippen LogP contribution in [0.4, 0.5) is 0 Å². The van der Waals surface area contributed by atoms with Crippen molar-refractivity contribution in [2.24, 2.45) is 5.92 Å². The Bertz CT molecular complexity index is 315. The number of rotatable bonds is 2. The second kappa shape index (κ2) is 3.61. The molecule has 1 aliphatic rings. The maximum Gasteiger partial charge on any atom is 0.138 e. The van der Waals surface area contributed by atoms with Gasteiger partial charge in [-0.2, -0.15) is 10.4 Å². The van der Waals surface area contributed by atoms with Crippen LogP contribution < -0.4 is 0 Å². The third-order valence-corrected chi connectivity index (χ3v) is 2.74. The quantitative estimate of drug-likeness (QED) is 0.689. The first-order chi connectivity index (χ1) is 6.40. The number of hydrogen-bond acceptors (Lipinski definition) is 2. The molecule has 0 aromatic carbocycles. The van der Waals surface area contributed by atoms with E-state index in [0.29, 0.717) is 5.69 Å². The van der Waals surface area contributed by atoms with E-state index in [1.54, 1.807) is 12.3 Å². The average Bonchev–Trinajstić information content (AvgIpc) is 2.76. The fourth-order valence-corrected chi connectivity index (χ4v) is 2.01. The first-order valence-corrected chi connectivity index (χ1v) is 4.82. The summed E-state index contributed by atoms with van der Waals surface area (Å²) in [6, 6.07) is 3.92. The summed E-state index contributed by atoms with van der Waals surface area (Å²) in [5.41, 5.74) is 0.687. The van der Waals surface area contributed by atoms with Crippen LogP contribution in [0.2, 0.25) is 0 Å². The van der Waals surface area contributed by atoms with Crippen molar-refractivity contribution < 1.29 is 0 Å². The highest BCUT2D eigenvalue weighted by atomic mass is 15.3. The van der Waals surface area contributed by atoms with Crippen LogP contribution in [0.3, 0.4) is 0 Å². The Morgan fingerprint density at radius 1 is 1.54 bits per heavy atom. The summed E-state index contributed by atoms with van der Waals surface area (Å²) in [6.07, 6.45) is 6.98. The van der Waals surface area contributed by atoms with Gasteiger partial charge < -0.3 is 0 Å². The lowest BCUT2D eigenvalue weighted by molar-refractivity contribution is 0.426. The molecule has 0 amide bonds. The molecule has 0 bridgehead atoms. The topological polar surface area (TPSA) is 41.6 Å². The van der Waals surface area contributed by atoms with E-state index in [9.17, 15) is 0 Å². The van der Waals surface area contributed by atoms with Crippen molar-refractivity contribution in [1.29, 1.82) is 5.26 Å². The van der Waals surface area contributed by atoms with Gasteiger partial charge in [0.05, 0.1) is 6.20 Å². The van der Waals surface area contributed by atoms with E-state index in [4.69, 9.17) is 5.26 Å². The summed E-state index contributed by atoms with van der Waals surface area (Å²) < 4.78 is 1.83. The summed E-state index contributed by atoms with van der Waals surface area (Å²) in [4.78, 5) is 0. The molecule has 1 saturated carbocycles. The maximum atomic E-state index is 8.77. The largest absolute Gasteiger partial charge is 0.255 e. The van der Waals surface area contributed by atoms with E-state index < -0.39 is 0 Å². The smallest absolute Gasteiger partial charge is 0.138 e. The van der Waals surface area contributed by atoms with Gasteiger partial charge in [0.2, 0.25) is 0 Å². The second-order valence-electron chi connectivity index (χ2n) is 3.66. The molecule has 68 valence electrons. The minimum Gasteiger partial charge on any atom is -0.255 e. The highest BCUT2D eigenvalue weighted by Gasteiger charge is 2.16. The molecule has 13 heavy (non-hydrogen) atoms. The zero-order valence-corrected chi connectivity index (χ0v) is 7.61. The molecule has 0 saturated heterocycles. The zero-order chi connectivity index (χ0) is 9.10. The monoisotopic (exact) mass is 175 g/mol. The van der Waals surface area contributed by atoms with Crippen LogP contribution in [-0.4, -0.2) is 9.78 Å². The standard InChI is InChI=1S/C10H13N3/c11-7-10-5-6-12-13(10)8-9-3-1-2-4-9/h5-6,9H,1-4,8H2. The van der Waals surface area contributed by atoms with Gasteiger partial charge in [0.25, 0.3) is 0 Å². The number of nitriles is 1. The van der Waals surface area contributed by atoms with Crippen LogP contribution in [0.5, 0.6) is 0 Å². The van der Waals surface area contributed by atoms with Gasteiger partial charge in [-0.1, -0.05) is 12.8 Å². The molecule has 0 N–H and O–H groups in total. The lowest BCUT2D eigenvalue weighted by Crippen LogP contribution is -2.10. The van der Waals surface area contributed by atoms with E-state index >= 15 is 0 Å². The van der Waals surface area contributed by atoms with Crippen molar-refractivity contribution in [2.45, 2.75) is 32.2 Å². The summed E-state index contributed by atoms with van der Waals surface area (Å²) in [6.45, 7) is 0.926. The molecular formula is C10H13N3. The van der Waals surface area contributed by atoms with E-state index in [2.05, 4.69) is 11.2 Å². The molecule has 1 fully saturated rings. The lowest BCUT2D eigenvalue weighted by atomic mass is 10.1. The number of aromatic nitrogens is 2. The first kappa shape index (κ1) is 8.31. The van der Waals surface area contributed by atoms with Gasteiger partial charge >= 0.3 is 0 Å². The Balaban J connectivity index is 2.04. The summed E-state index contributed by atoms with van der Waals surface area (Å²) in [5.74, 6) is 0.743. The van der Waals surface area contributed by atoms with Crippen LogP contribution in [0.25, 0.3) is 0 Å². The van der Waals surface area contributed by atoms with Crippen LogP contribution >= 0.6 is 0 Å². The Morgan fingerprint density at radius 3 is 3.00 bits per heavy atom. The van der Waals surface area contributed by atoms with Crippen molar-refractivity contribution in [2.75, 3.05) is 0 Å². The first-order valence-electron chi connectivity index (χ1n) is 4.82. The van der Waals surface area contributed by atoms with Gasteiger partial charge in [-0.05, 0) is 24.8 Å². The van der Waals surface area contributed by atoms with Crippen molar-refractivity contribution in [3.63, 3.8) is 0 Å². The molecule has 1 aromatic rings. The average molecular weight is 175 g/mol. The molecule has 3 heteroatoms. The number of hydrogen-bond donors (Lipinski definition) is 0. The Morgan fingerprint density at radius 2 is 2.31 bits per heavy atom. The predicted octanol–water partition coefficient (Wildman–Crippen LogP) is 1.94. The van der Waals surface area contributed by atoms with Gasteiger partial charge in [0.15, 0.2) is 0 Å². The lowest BCUT2D eigenvalue weighted by Gasteiger charge is -2.08. The maximum absolute atomic E-state index is 8.77. The molecule has 0 unspecified atom stereocenters. The second-order valence-corrected chi connectivity index (χ2v) is 3.66.